The number of nitrogens with zero attached hydrogens (tertiary/aromatic N) is 3. The number of nitrogens with two attached hydrogens (primary N) is 2. The molecule has 0 atom stereocenters. The van der Waals surface area contributed by atoms with Gasteiger partial charge in [0.25, 0.3) is 5.56 Å². The predicted octanol–water partition coefficient (Wildman–Crippen LogP) is 1.48. The molecule has 148 valence electrons. The first-order valence-corrected chi connectivity index (χ1v) is 9.14. The van der Waals surface area contributed by atoms with Crippen molar-refractivity contribution >= 4 is 28.1 Å². The second-order valence-electron chi connectivity index (χ2n) is 7.00. The molecule has 4 rings (SSSR count). The molecule has 2 aromatic carbocycles. The highest BCUT2D eigenvalue weighted by molar-refractivity contribution is 5.81. The Kier molecular flexibility index (Phi) is 4.42. The van der Waals surface area contributed by atoms with Gasteiger partial charge in [0, 0.05) is 18.8 Å². The average molecular weight is 391 g/mol. The number of nitrogens with one attached hydrogen (secondary N) is 2. The van der Waals surface area contributed by atoms with Crippen LogP contribution in [0.3, 0.4) is 0 Å². The van der Waals surface area contributed by atoms with Crippen molar-refractivity contribution in [1.82, 2.24) is 19.5 Å². The summed E-state index contributed by atoms with van der Waals surface area (Å²) in [5, 5.41) is 3.28. The number of H-pyrrole nitrogens is 1. The number of fused-ring (bicyclic) bond motifs is 2. The molecule has 0 saturated carbocycles. The minimum Gasteiger partial charge on any atom is -0.397 e. The lowest BCUT2D eigenvalue weighted by molar-refractivity contribution is 0.729. The van der Waals surface area contributed by atoms with Crippen LogP contribution in [0.4, 0.5) is 17.1 Å². The standard InChI is InChI=1S/C20H21N7O2/c1-10-7-15-16(8-11(10)2)27(18-17(24-15)19(28)26-20(29)25-18)6-5-23-12-3-4-13(21)14(22)9-12/h3-4,7-9,23H,5-6,21-22H2,1-2H3,(H,26,28,29). The monoisotopic (exact) mass is 391 g/mol. The fourth-order valence-corrected chi connectivity index (χ4v) is 3.27. The maximum atomic E-state index is 12.3. The Labute approximate surface area is 165 Å². The van der Waals surface area contributed by atoms with Crippen molar-refractivity contribution in [3.8, 4) is 11.5 Å². The topological polar surface area (TPSA) is 145 Å². The van der Waals surface area contributed by atoms with Gasteiger partial charge in [-0.15, -0.1) is 0 Å². The minimum absolute atomic E-state index is 0.136. The summed E-state index contributed by atoms with van der Waals surface area (Å²) < 4.78 is 1.84. The zero-order valence-corrected chi connectivity index (χ0v) is 16.1. The van der Waals surface area contributed by atoms with E-state index in [1.54, 1.807) is 12.1 Å². The first-order valence-electron chi connectivity index (χ1n) is 9.14. The van der Waals surface area contributed by atoms with Gasteiger partial charge in [-0.2, -0.15) is 4.98 Å². The van der Waals surface area contributed by atoms with Gasteiger partial charge in [0.05, 0.1) is 22.4 Å². The van der Waals surface area contributed by atoms with Crippen LogP contribution in [-0.2, 0) is 6.54 Å². The lowest BCUT2D eigenvalue weighted by atomic mass is 10.1. The molecule has 0 spiro atoms. The fraction of sp³-hybridized carbons (Fsp3) is 0.200. The lowest BCUT2D eigenvalue weighted by Crippen LogP contribution is -2.29. The number of aromatic amines is 1. The van der Waals surface area contributed by atoms with Gasteiger partial charge >= 0.3 is 5.69 Å². The molecule has 0 amide bonds. The molecular formula is C20H21N7O2. The molecule has 6 N–H and O–H groups in total. The first-order chi connectivity index (χ1) is 13.8. The van der Waals surface area contributed by atoms with Crippen LogP contribution in [0.2, 0.25) is 0 Å². The summed E-state index contributed by atoms with van der Waals surface area (Å²) in [6.07, 6.45) is 0. The number of aryl methyl sites for hydroxylation is 2. The summed E-state index contributed by atoms with van der Waals surface area (Å²) in [6, 6.07) is 9.25. The van der Waals surface area contributed by atoms with E-state index in [4.69, 9.17) is 11.5 Å². The van der Waals surface area contributed by atoms with Crippen LogP contribution < -0.4 is 28.0 Å². The second-order valence-corrected chi connectivity index (χ2v) is 7.00. The smallest absolute Gasteiger partial charge is 0.349 e. The van der Waals surface area contributed by atoms with Crippen LogP contribution in [0.5, 0.6) is 0 Å². The van der Waals surface area contributed by atoms with Gasteiger partial charge in [-0.05, 0) is 55.3 Å². The molecule has 9 nitrogen and oxygen atoms in total. The Morgan fingerprint density at radius 1 is 1.03 bits per heavy atom. The van der Waals surface area contributed by atoms with Gasteiger partial charge < -0.3 is 21.4 Å². The van der Waals surface area contributed by atoms with Crippen molar-refractivity contribution in [2.75, 3.05) is 23.3 Å². The Morgan fingerprint density at radius 2 is 1.79 bits per heavy atom. The van der Waals surface area contributed by atoms with Gasteiger partial charge in [-0.1, -0.05) is 0 Å². The summed E-state index contributed by atoms with van der Waals surface area (Å²) >= 11 is 0. The van der Waals surface area contributed by atoms with E-state index in [1.807, 2.05) is 36.6 Å². The molecule has 2 aliphatic rings. The quantitative estimate of drug-likeness (QED) is 0.304. The summed E-state index contributed by atoms with van der Waals surface area (Å²) in [4.78, 5) is 34.8. The second kappa shape index (κ2) is 6.93. The van der Waals surface area contributed by atoms with Crippen LogP contribution >= 0.6 is 0 Å². The van der Waals surface area contributed by atoms with E-state index in [0.29, 0.717) is 30.0 Å². The molecule has 0 radical (unpaired) electrons. The molecule has 2 aromatic rings. The zero-order valence-electron chi connectivity index (χ0n) is 16.1. The molecule has 0 aliphatic carbocycles. The van der Waals surface area contributed by atoms with Crippen LogP contribution in [0.15, 0.2) is 39.9 Å². The van der Waals surface area contributed by atoms with E-state index in [9.17, 15) is 9.59 Å². The molecule has 0 fully saturated rings. The van der Waals surface area contributed by atoms with Crippen molar-refractivity contribution in [1.29, 1.82) is 0 Å². The fourth-order valence-electron chi connectivity index (χ4n) is 3.27. The summed E-state index contributed by atoms with van der Waals surface area (Å²) in [6.45, 7) is 4.96. The molecule has 29 heavy (non-hydrogen) atoms. The Hall–Kier alpha value is -3.88. The number of hydrogen-bond acceptors (Lipinski definition) is 7. The van der Waals surface area contributed by atoms with Gasteiger partial charge in [0.15, 0.2) is 11.5 Å². The molecule has 2 aliphatic heterocycles. The highest BCUT2D eigenvalue weighted by Gasteiger charge is 2.19. The van der Waals surface area contributed by atoms with Crippen molar-refractivity contribution in [2.45, 2.75) is 20.4 Å². The number of rotatable bonds is 4. The van der Waals surface area contributed by atoms with Crippen LogP contribution in [0, 0.1) is 13.8 Å². The van der Waals surface area contributed by atoms with E-state index < -0.39 is 11.2 Å². The number of nitrogen functional groups attached to an aromatic ring is 2. The minimum atomic E-state index is -0.694. The lowest BCUT2D eigenvalue weighted by Gasteiger charge is -2.18. The van der Waals surface area contributed by atoms with E-state index in [-0.39, 0.29) is 11.5 Å². The molecule has 0 bridgehead atoms. The van der Waals surface area contributed by atoms with Gasteiger partial charge in [-0.3, -0.25) is 9.78 Å². The molecule has 0 aromatic heterocycles. The number of aromatic nitrogens is 4. The highest BCUT2D eigenvalue weighted by atomic mass is 16.2. The SMILES string of the molecule is Cc1cc2nc3c(=O)[nH]c(=O)nc-3n(CCNc3ccc(N)c(N)c3)c2cc1C. The average Bonchev–Trinajstić information content (AvgIpc) is 2.66. The van der Waals surface area contributed by atoms with Crippen LogP contribution in [0.1, 0.15) is 11.1 Å². The Balaban J connectivity index is 1.79. The van der Waals surface area contributed by atoms with E-state index >= 15 is 0 Å². The van der Waals surface area contributed by atoms with E-state index in [0.717, 1.165) is 22.3 Å². The number of benzene rings is 2. The third kappa shape index (κ3) is 3.38. The first kappa shape index (κ1) is 18.5. The zero-order chi connectivity index (χ0) is 20.7. The van der Waals surface area contributed by atoms with Crippen molar-refractivity contribution < 1.29 is 0 Å². The van der Waals surface area contributed by atoms with Gasteiger partial charge in [0.1, 0.15) is 0 Å². The largest absolute Gasteiger partial charge is 0.397 e. The van der Waals surface area contributed by atoms with Crippen molar-refractivity contribution in [2.24, 2.45) is 0 Å². The van der Waals surface area contributed by atoms with Crippen LogP contribution in [0.25, 0.3) is 22.6 Å². The number of anilines is 3. The Morgan fingerprint density at radius 3 is 2.55 bits per heavy atom. The molecular weight excluding hydrogens is 370 g/mol. The predicted molar refractivity (Wildman–Crippen MR) is 114 cm³/mol. The normalized spacial score (nSPS) is 11.2. The molecule has 9 heteroatoms. The number of hydrogen-bond donors (Lipinski definition) is 4. The summed E-state index contributed by atoms with van der Waals surface area (Å²) in [5.41, 5.74) is 16.0. The molecule has 0 saturated heterocycles. The van der Waals surface area contributed by atoms with E-state index in [2.05, 4.69) is 20.3 Å². The van der Waals surface area contributed by atoms with Crippen molar-refractivity contribution in [3.05, 3.63) is 62.3 Å². The summed E-state index contributed by atoms with van der Waals surface area (Å²) in [5.74, 6) is 0.258. The molecule has 0 unspecified atom stereocenters. The maximum absolute atomic E-state index is 12.3. The van der Waals surface area contributed by atoms with Gasteiger partial charge in [0.2, 0.25) is 0 Å². The maximum Gasteiger partial charge on any atom is 0.349 e. The Bertz CT molecular complexity index is 1320. The highest BCUT2D eigenvalue weighted by Crippen LogP contribution is 2.24. The van der Waals surface area contributed by atoms with Crippen LogP contribution in [-0.4, -0.2) is 26.1 Å². The third-order valence-electron chi connectivity index (χ3n) is 4.98. The molecule has 2 heterocycles. The third-order valence-corrected chi connectivity index (χ3v) is 4.98. The van der Waals surface area contributed by atoms with Gasteiger partial charge in [-0.25, -0.2) is 9.78 Å². The van der Waals surface area contributed by atoms with E-state index in [1.165, 1.54) is 0 Å². The van der Waals surface area contributed by atoms with Crippen molar-refractivity contribution in [3.63, 3.8) is 0 Å². The summed E-state index contributed by atoms with van der Waals surface area (Å²) in [7, 11) is 0.